The Morgan fingerprint density at radius 2 is 1.70 bits per heavy atom. The minimum Gasteiger partial charge on any atom is -0.497 e. The lowest BCUT2D eigenvalue weighted by atomic mass is 10.1. The summed E-state index contributed by atoms with van der Waals surface area (Å²) in [5.74, 6) is 7.20. The van der Waals surface area contributed by atoms with Crippen molar-refractivity contribution < 1.29 is 4.74 Å². The number of ether oxygens (including phenoxy) is 1. The molecule has 20 heavy (non-hydrogen) atoms. The largest absolute Gasteiger partial charge is 0.497 e. The summed E-state index contributed by atoms with van der Waals surface area (Å²) in [6.07, 6.45) is 12.9. The molecule has 108 valence electrons. The number of hydrogen-bond acceptors (Lipinski definition) is 1. The van der Waals surface area contributed by atoms with E-state index in [0.29, 0.717) is 0 Å². The Balaban J connectivity index is 2.15. The number of methoxy groups -OCH3 is 1. The van der Waals surface area contributed by atoms with Crippen LogP contribution in [0.3, 0.4) is 0 Å². The third-order valence-electron chi connectivity index (χ3n) is 3.23. The highest BCUT2D eigenvalue weighted by Crippen LogP contribution is 2.12. The van der Waals surface area contributed by atoms with Gasteiger partial charge in [-0.2, -0.15) is 0 Å². The van der Waals surface area contributed by atoms with Crippen LogP contribution in [-0.4, -0.2) is 7.11 Å². The zero-order valence-corrected chi connectivity index (χ0v) is 12.8. The first kappa shape index (κ1) is 16.4. The lowest BCUT2D eigenvalue weighted by Gasteiger charge is -1.98. The van der Waals surface area contributed by atoms with Crippen molar-refractivity contribution in [2.45, 2.75) is 51.9 Å². The van der Waals surface area contributed by atoms with Gasteiger partial charge in [-0.1, -0.05) is 63.0 Å². The van der Waals surface area contributed by atoms with Gasteiger partial charge in [-0.25, -0.2) is 0 Å². The Labute approximate surface area is 124 Å². The molecule has 0 saturated heterocycles. The molecular formula is C19H26O. The predicted octanol–water partition coefficient (Wildman–Crippen LogP) is 5.46. The molecule has 0 aliphatic heterocycles. The molecular weight excluding hydrogens is 244 g/mol. The van der Waals surface area contributed by atoms with E-state index in [1.807, 2.05) is 36.4 Å². The van der Waals surface area contributed by atoms with E-state index >= 15 is 0 Å². The van der Waals surface area contributed by atoms with Crippen LogP contribution < -0.4 is 4.74 Å². The van der Waals surface area contributed by atoms with Gasteiger partial charge in [-0.05, 0) is 36.3 Å². The Bertz CT molecular complexity index is 431. The molecule has 0 aromatic heterocycles. The number of rotatable bonds is 8. The van der Waals surface area contributed by atoms with E-state index in [1.165, 1.54) is 38.5 Å². The predicted molar refractivity (Wildman–Crippen MR) is 87.8 cm³/mol. The molecule has 0 aliphatic carbocycles. The summed E-state index contributed by atoms with van der Waals surface area (Å²) < 4.78 is 5.12. The maximum Gasteiger partial charge on any atom is 0.118 e. The molecule has 0 fully saturated rings. The second-order valence-corrected chi connectivity index (χ2v) is 4.95. The van der Waals surface area contributed by atoms with Gasteiger partial charge in [0.1, 0.15) is 5.75 Å². The molecule has 0 bridgehead atoms. The lowest BCUT2D eigenvalue weighted by Crippen LogP contribution is -1.81. The second kappa shape index (κ2) is 11.2. The maximum atomic E-state index is 5.12. The van der Waals surface area contributed by atoms with Crippen molar-refractivity contribution >= 4 is 6.08 Å². The summed E-state index contributed by atoms with van der Waals surface area (Å²) in [5.41, 5.74) is 1.15. The van der Waals surface area contributed by atoms with Gasteiger partial charge in [0.2, 0.25) is 0 Å². The Morgan fingerprint density at radius 1 is 1.00 bits per heavy atom. The van der Waals surface area contributed by atoms with Gasteiger partial charge in [0.15, 0.2) is 0 Å². The molecule has 0 heterocycles. The van der Waals surface area contributed by atoms with E-state index in [2.05, 4.69) is 18.8 Å². The van der Waals surface area contributed by atoms with Crippen LogP contribution in [0.5, 0.6) is 5.75 Å². The molecule has 0 amide bonds. The normalized spacial score (nSPS) is 10.3. The van der Waals surface area contributed by atoms with E-state index in [0.717, 1.165) is 17.7 Å². The van der Waals surface area contributed by atoms with E-state index < -0.39 is 0 Å². The molecule has 1 nitrogen and oxygen atoms in total. The number of benzene rings is 1. The maximum absolute atomic E-state index is 5.12. The van der Waals surface area contributed by atoms with Crippen molar-refractivity contribution in [2.24, 2.45) is 0 Å². The molecule has 0 unspecified atom stereocenters. The third-order valence-corrected chi connectivity index (χ3v) is 3.23. The van der Waals surface area contributed by atoms with Gasteiger partial charge < -0.3 is 4.74 Å². The van der Waals surface area contributed by atoms with Crippen LogP contribution in [0, 0.1) is 11.8 Å². The summed E-state index contributed by atoms with van der Waals surface area (Å²) in [5, 5.41) is 0. The van der Waals surface area contributed by atoms with Gasteiger partial charge in [0, 0.05) is 6.42 Å². The van der Waals surface area contributed by atoms with Crippen LogP contribution >= 0.6 is 0 Å². The number of hydrogen-bond donors (Lipinski definition) is 0. The second-order valence-electron chi connectivity index (χ2n) is 4.95. The summed E-state index contributed by atoms with van der Waals surface area (Å²) in [6.45, 7) is 2.25. The fourth-order valence-electron chi connectivity index (χ4n) is 1.98. The molecule has 0 saturated carbocycles. The summed E-state index contributed by atoms with van der Waals surface area (Å²) in [7, 11) is 1.68. The van der Waals surface area contributed by atoms with Gasteiger partial charge in [0.25, 0.3) is 0 Å². The van der Waals surface area contributed by atoms with Crippen molar-refractivity contribution in [3.63, 3.8) is 0 Å². The molecule has 0 aliphatic rings. The Kier molecular flexibility index (Phi) is 9.15. The van der Waals surface area contributed by atoms with Crippen molar-refractivity contribution in [1.82, 2.24) is 0 Å². The highest BCUT2D eigenvalue weighted by Gasteiger charge is 1.89. The van der Waals surface area contributed by atoms with Crippen molar-refractivity contribution in [2.75, 3.05) is 7.11 Å². The van der Waals surface area contributed by atoms with Crippen LogP contribution in [0.4, 0.5) is 0 Å². The number of allylic oxidation sites excluding steroid dienone is 1. The fourth-order valence-corrected chi connectivity index (χ4v) is 1.98. The van der Waals surface area contributed by atoms with Gasteiger partial charge >= 0.3 is 0 Å². The zero-order valence-electron chi connectivity index (χ0n) is 12.8. The summed E-state index contributed by atoms with van der Waals surface area (Å²) in [4.78, 5) is 0. The minimum absolute atomic E-state index is 0.885. The van der Waals surface area contributed by atoms with Crippen molar-refractivity contribution in [3.8, 4) is 17.6 Å². The van der Waals surface area contributed by atoms with Crippen LogP contribution in [-0.2, 0) is 0 Å². The first-order valence-electron chi connectivity index (χ1n) is 7.66. The van der Waals surface area contributed by atoms with Gasteiger partial charge in [0.05, 0.1) is 7.11 Å². The average Bonchev–Trinajstić information content (AvgIpc) is 2.50. The fraction of sp³-hybridized carbons (Fsp3) is 0.474. The third kappa shape index (κ3) is 7.69. The minimum atomic E-state index is 0.885. The van der Waals surface area contributed by atoms with Crippen molar-refractivity contribution in [3.05, 3.63) is 35.9 Å². The Morgan fingerprint density at radius 3 is 2.40 bits per heavy atom. The first-order chi connectivity index (χ1) is 9.86. The van der Waals surface area contributed by atoms with Crippen LogP contribution in [0.2, 0.25) is 0 Å². The van der Waals surface area contributed by atoms with E-state index in [1.54, 1.807) is 7.11 Å². The lowest BCUT2D eigenvalue weighted by molar-refractivity contribution is 0.415. The monoisotopic (exact) mass is 270 g/mol. The van der Waals surface area contributed by atoms with Crippen LogP contribution in [0.15, 0.2) is 30.3 Å². The van der Waals surface area contributed by atoms with Gasteiger partial charge in [-0.15, -0.1) is 0 Å². The highest BCUT2D eigenvalue weighted by atomic mass is 16.5. The van der Waals surface area contributed by atoms with Gasteiger partial charge in [-0.3, -0.25) is 0 Å². The quantitative estimate of drug-likeness (QED) is 0.450. The molecule has 0 atom stereocenters. The van der Waals surface area contributed by atoms with E-state index in [9.17, 15) is 0 Å². The summed E-state index contributed by atoms with van der Waals surface area (Å²) in [6, 6.07) is 7.99. The highest BCUT2D eigenvalue weighted by molar-refractivity contribution is 5.53. The topological polar surface area (TPSA) is 9.23 Å². The molecule has 0 N–H and O–H groups in total. The first-order valence-corrected chi connectivity index (χ1v) is 7.66. The van der Waals surface area contributed by atoms with Crippen molar-refractivity contribution in [1.29, 1.82) is 0 Å². The molecule has 0 radical (unpaired) electrons. The summed E-state index contributed by atoms with van der Waals surface area (Å²) >= 11 is 0. The average molecular weight is 270 g/mol. The smallest absolute Gasteiger partial charge is 0.118 e. The molecule has 1 aromatic rings. The standard InChI is InChI=1S/C19H26O/c1-3-4-5-6-7-8-9-10-11-12-13-18-14-16-19(20-2)17-15-18/h12-17H,3-9H2,1-2H3. The van der Waals surface area contributed by atoms with Crippen LogP contribution in [0.25, 0.3) is 6.08 Å². The SMILES string of the molecule is CCCCCCCCC#CC=Cc1ccc(OC)cc1. The van der Waals surface area contributed by atoms with E-state index in [-0.39, 0.29) is 0 Å². The zero-order chi connectivity index (χ0) is 14.5. The number of unbranched alkanes of at least 4 members (excludes halogenated alkanes) is 6. The van der Waals surface area contributed by atoms with Crippen LogP contribution in [0.1, 0.15) is 57.4 Å². The van der Waals surface area contributed by atoms with E-state index in [4.69, 9.17) is 4.74 Å². The molecule has 1 rings (SSSR count). The molecule has 0 spiro atoms. The molecule has 1 heteroatoms. The molecule has 1 aromatic carbocycles. The Hall–Kier alpha value is -1.68.